The Morgan fingerprint density at radius 1 is 0.943 bits per heavy atom. The number of nitrogens with two attached hydrogens (primary N) is 1. The number of halogens is 1. The highest BCUT2D eigenvalue weighted by molar-refractivity contribution is 6.38. The lowest BCUT2D eigenvalue weighted by molar-refractivity contribution is -0.137. The van der Waals surface area contributed by atoms with Crippen molar-refractivity contribution in [2.45, 2.75) is 19.4 Å². The lowest BCUT2D eigenvalue weighted by Crippen LogP contribution is -2.47. The van der Waals surface area contributed by atoms with Crippen molar-refractivity contribution in [3.05, 3.63) is 108 Å². The van der Waals surface area contributed by atoms with E-state index in [1.54, 1.807) is 73.7 Å². The summed E-state index contributed by atoms with van der Waals surface area (Å²) in [6.45, 7) is 1.74. The second kappa shape index (κ2) is 10.1. The molecule has 0 saturated carbocycles. The van der Waals surface area contributed by atoms with Gasteiger partial charge in [-0.3, -0.25) is 14.4 Å². The number of Topliss-reactive ketones (excluding diaryl/α,β-unsaturated/α-hetero) is 1. The number of nitrogens with one attached hydrogen (secondary N) is 1. The molecule has 0 fully saturated rings. The predicted octanol–water partition coefficient (Wildman–Crippen LogP) is 3.38. The molecule has 0 spiro atoms. The maximum absolute atomic E-state index is 13.6. The number of benzene rings is 3. The van der Waals surface area contributed by atoms with Gasteiger partial charge in [-0.05, 0) is 53.9 Å². The summed E-state index contributed by atoms with van der Waals surface area (Å²) in [6, 6.07) is 22.9. The van der Waals surface area contributed by atoms with Gasteiger partial charge in [0.15, 0.2) is 0 Å². The third-order valence-electron chi connectivity index (χ3n) is 5.48. The Morgan fingerprint density at radius 2 is 1.66 bits per heavy atom. The van der Waals surface area contributed by atoms with Crippen LogP contribution in [0.4, 0.5) is 4.39 Å². The first-order chi connectivity index (χ1) is 16.8. The van der Waals surface area contributed by atoms with Gasteiger partial charge in [-0.2, -0.15) is 5.10 Å². The van der Waals surface area contributed by atoms with E-state index in [9.17, 15) is 18.8 Å². The first-order valence-electron chi connectivity index (χ1n) is 10.9. The molecule has 0 aliphatic heterocycles. The van der Waals surface area contributed by atoms with Gasteiger partial charge < -0.3 is 11.1 Å². The molecule has 1 unspecified atom stereocenters. The Bertz CT molecular complexity index is 1380. The molecule has 1 heterocycles. The number of rotatable bonds is 8. The van der Waals surface area contributed by atoms with Gasteiger partial charge in [0.2, 0.25) is 5.78 Å². The van der Waals surface area contributed by atoms with E-state index in [0.717, 1.165) is 16.7 Å². The molecule has 2 amide bonds. The predicted molar refractivity (Wildman–Crippen MR) is 129 cm³/mol. The van der Waals surface area contributed by atoms with Crippen LogP contribution in [0.3, 0.4) is 0 Å². The fourth-order valence-electron chi connectivity index (χ4n) is 3.78. The summed E-state index contributed by atoms with van der Waals surface area (Å²) >= 11 is 0. The molecule has 176 valence electrons. The van der Waals surface area contributed by atoms with Gasteiger partial charge in [0.1, 0.15) is 17.6 Å². The average Bonchev–Trinajstić information content (AvgIpc) is 3.25. The van der Waals surface area contributed by atoms with Gasteiger partial charge in [-0.15, -0.1) is 0 Å². The van der Waals surface area contributed by atoms with Gasteiger partial charge in [-0.25, -0.2) is 9.07 Å². The number of primary amides is 1. The number of aryl methyl sites for hydroxylation is 1. The van der Waals surface area contributed by atoms with Crippen LogP contribution in [0.15, 0.2) is 84.9 Å². The topological polar surface area (TPSA) is 107 Å². The normalized spacial score (nSPS) is 11.6. The molecule has 0 radical (unpaired) electrons. The third kappa shape index (κ3) is 5.50. The van der Waals surface area contributed by atoms with Crippen molar-refractivity contribution in [1.29, 1.82) is 0 Å². The summed E-state index contributed by atoms with van der Waals surface area (Å²) in [5.74, 6) is -2.91. The van der Waals surface area contributed by atoms with Gasteiger partial charge in [0.25, 0.3) is 11.8 Å². The number of hydrogen-bond acceptors (Lipinski definition) is 4. The molecule has 0 saturated heterocycles. The second-order valence-electron chi connectivity index (χ2n) is 8.08. The first-order valence-corrected chi connectivity index (χ1v) is 10.9. The zero-order valence-electron chi connectivity index (χ0n) is 18.9. The molecule has 4 rings (SSSR count). The van der Waals surface area contributed by atoms with Crippen molar-refractivity contribution in [3.63, 3.8) is 0 Å². The van der Waals surface area contributed by atoms with Gasteiger partial charge in [-0.1, -0.05) is 54.6 Å². The van der Waals surface area contributed by atoms with Crippen molar-refractivity contribution in [2.24, 2.45) is 5.73 Å². The van der Waals surface area contributed by atoms with Gasteiger partial charge >= 0.3 is 0 Å². The lowest BCUT2D eigenvalue weighted by atomic mass is 10.0. The fourth-order valence-corrected chi connectivity index (χ4v) is 3.78. The number of carbonyl (C=O) groups excluding carboxylic acids is 3. The molecule has 0 aliphatic carbocycles. The largest absolute Gasteiger partial charge is 0.363 e. The van der Waals surface area contributed by atoms with Crippen molar-refractivity contribution in [2.75, 3.05) is 0 Å². The molecule has 4 aromatic rings. The summed E-state index contributed by atoms with van der Waals surface area (Å²) in [4.78, 5) is 37.2. The Balaban J connectivity index is 1.60. The van der Waals surface area contributed by atoms with E-state index in [4.69, 9.17) is 5.73 Å². The highest BCUT2D eigenvalue weighted by Gasteiger charge is 2.27. The summed E-state index contributed by atoms with van der Waals surface area (Å²) in [5, 5.41) is 7.05. The van der Waals surface area contributed by atoms with E-state index < -0.39 is 23.6 Å². The number of ketones is 1. The first kappa shape index (κ1) is 23.6. The van der Waals surface area contributed by atoms with Crippen LogP contribution in [0.25, 0.3) is 16.8 Å². The molecular formula is C27H23FN4O3. The molecule has 1 aromatic heterocycles. The van der Waals surface area contributed by atoms with E-state index in [0.29, 0.717) is 11.4 Å². The van der Waals surface area contributed by atoms with Crippen molar-refractivity contribution in [3.8, 4) is 16.8 Å². The Morgan fingerprint density at radius 3 is 2.31 bits per heavy atom. The third-order valence-corrected chi connectivity index (χ3v) is 5.48. The van der Waals surface area contributed by atoms with Crippen molar-refractivity contribution < 1.29 is 18.8 Å². The van der Waals surface area contributed by atoms with Crippen LogP contribution in [-0.2, 0) is 16.0 Å². The van der Waals surface area contributed by atoms with Gasteiger partial charge in [0.05, 0.1) is 11.4 Å². The number of hydrogen-bond donors (Lipinski definition) is 2. The minimum atomic E-state index is -1.12. The molecule has 35 heavy (non-hydrogen) atoms. The van der Waals surface area contributed by atoms with Crippen molar-refractivity contribution >= 4 is 17.6 Å². The van der Waals surface area contributed by atoms with E-state index in [1.165, 1.54) is 16.8 Å². The number of aromatic nitrogens is 2. The fraction of sp³-hybridized carbons (Fsp3) is 0.111. The molecule has 3 aromatic carbocycles. The summed E-state index contributed by atoms with van der Waals surface area (Å²) in [6.07, 6.45) is 0.115. The second-order valence-corrected chi connectivity index (χ2v) is 8.08. The summed E-state index contributed by atoms with van der Waals surface area (Å²) < 4.78 is 15.0. The Hall–Kier alpha value is -4.59. The van der Waals surface area contributed by atoms with Crippen LogP contribution in [0.1, 0.15) is 21.7 Å². The Kier molecular flexibility index (Phi) is 6.82. The van der Waals surface area contributed by atoms with Crippen molar-refractivity contribution in [1.82, 2.24) is 15.1 Å². The number of nitrogens with zero attached hydrogens (tertiary/aromatic N) is 2. The molecule has 7 nitrogen and oxygen atoms in total. The summed E-state index contributed by atoms with van der Waals surface area (Å²) in [7, 11) is 0. The SMILES string of the molecule is Cc1cc(C(=O)NC(Cc2ccccc2)C(=O)C(N)=O)n(-c2ccc(-c3cccc(F)c3)cc2)n1. The minimum absolute atomic E-state index is 0.115. The standard InChI is InChI=1S/C27H23FN4O3/c1-17-14-24(27(35)30-23(25(33)26(29)34)15-18-6-3-2-4-7-18)32(31-17)22-12-10-19(11-13-22)20-8-5-9-21(28)16-20/h2-14,16,23H,15H2,1H3,(H2,29,34)(H,30,35). The molecule has 3 N–H and O–H groups in total. The number of amides is 2. The minimum Gasteiger partial charge on any atom is -0.363 e. The lowest BCUT2D eigenvalue weighted by Gasteiger charge is -2.17. The van der Waals surface area contributed by atoms with Crippen LogP contribution >= 0.6 is 0 Å². The van der Waals surface area contributed by atoms with Crippen LogP contribution < -0.4 is 11.1 Å². The quantitative estimate of drug-likeness (QED) is 0.385. The maximum atomic E-state index is 13.6. The summed E-state index contributed by atoms with van der Waals surface area (Å²) in [5.41, 5.74) is 8.90. The van der Waals surface area contributed by atoms with E-state index in [1.807, 2.05) is 6.07 Å². The smallest absolute Gasteiger partial charge is 0.287 e. The molecule has 0 bridgehead atoms. The highest BCUT2D eigenvalue weighted by atomic mass is 19.1. The van der Waals surface area contributed by atoms with E-state index in [-0.39, 0.29) is 17.9 Å². The molecular weight excluding hydrogens is 447 g/mol. The monoisotopic (exact) mass is 470 g/mol. The highest BCUT2D eigenvalue weighted by Crippen LogP contribution is 2.22. The zero-order chi connectivity index (χ0) is 24.9. The van der Waals surface area contributed by atoms with E-state index >= 15 is 0 Å². The maximum Gasteiger partial charge on any atom is 0.287 e. The zero-order valence-corrected chi connectivity index (χ0v) is 18.9. The molecule has 0 aliphatic rings. The van der Waals surface area contributed by atoms with Crippen LogP contribution in [0.5, 0.6) is 0 Å². The number of carbonyl (C=O) groups is 3. The average molecular weight is 471 g/mol. The van der Waals surface area contributed by atoms with Crippen LogP contribution in [-0.4, -0.2) is 33.4 Å². The molecule has 8 heteroatoms. The van der Waals surface area contributed by atoms with Gasteiger partial charge in [0, 0.05) is 6.42 Å². The van der Waals surface area contributed by atoms with Crippen LogP contribution in [0.2, 0.25) is 0 Å². The van der Waals surface area contributed by atoms with Crippen LogP contribution in [0, 0.1) is 12.7 Å². The molecule has 1 atom stereocenters. The van der Waals surface area contributed by atoms with E-state index in [2.05, 4.69) is 10.4 Å². The Labute approximate surface area is 201 Å².